The van der Waals surface area contributed by atoms with E-state index in [9.17, 15) is 4.79 Å². The number of amides is 1. The number of benzene rings is 1. The number of aryl methyl sites for hydroxylation is 1. The maximum Gasteiger partial charge on any atom is 0.243 e. The van der Waals surface area contributed by atoms with Crippen molar-refractivity contribution in [3.8, 4) is 0 Å². The molecule has 0 radical (unpaired) electrons. The van der Waals surface area contributed by atoms with Gasteiger partial charge in [0.1, 0.15) is 6.04 Å². The lowest BCUT2D eigenvalue weighted by atomic mass is 10.1. The van der Waals surface area contributed by atoms with Gasteiger partial charge >= 0.3 is 0 Å². The van der Waals surface area contributed by atoms with Crippen molar-refractivity contribution in [1.82, 2.24) is 9.88 Å². The van der Waals surface area contributed by atoms with Crippen LogP contribution in [0.3, 0.4) is 0 Å². The summed E-state index contributed by atoms with van der Waals surface area (Å²) in [5.74, 6) is 0.0556. The van der Waals surface area contributed by atoms with Gasteiger partial charge in [0.25, 0.3) is 0 Å². The molecule has 4 nitrogen and oxygen atoms in total. The SMILES string of the molecule is Cc1ccc(CNC(=O)C2Cc3ccccc3N2)n1C. The predicted octanol–water partition coefficient (Wildman–Crippen LogP) is 1.99. The molecule has 0 bridgehead atoms. The minimum atomic E-state index is -0.159. The number of hydrogen-bond donors (Lipinski definition) is 2. The molecule has 1 aliphatic heterocycles. The minimum absolute atomic E-state index is 0.0556. The molecule has 2 N–H and O–H groups in total. The minimum Gasteiger partial charge on any atom is -0.373 e. The molecule has 0 spiro atoms. The second kappa shape index (κ2) is 5.04. The number of hydrogen-bond acceptors (Lipinski definition) is 2. The van der Waals surface area contributed by atoms with Crippen molar-refractivity contribution in [3.05, 3.63) is 53.3 Å². The summed E-state index contributed by atoms with van der Waals surface area (Å²) >= 11 is 0. The molecule has 3 rings (SSSR count). The Morgan fingerprint density at radius 1 is 1.35 bits per heavy atom. The van der Waals surface area contributed by atoms with Gasteiger partial charge in [-0.15, -0.1) is 0 Å². The normalized spacial score (nSPS) is 16.6. The van der Waals surface area contributed by atoms with Crippen molar-refractivity contribution in [1.29, 1.82) is 0 Å². The number of carbonyl (C=O) groups is 1. The van der Waals surface area contributed by atoms with E-state index in [4.69, 9.17) is 0 Å². The summed E-state index contributed by atoms with van der Waals surface area (Å²) in [4.78, 5) is 12.2. The monoisotopic (exact) mass is 269 g/mol. The van der Waals surface area contributed by atoms with E-state index >= 15 is 0 Å². The topological polar surface area (TPSA) is 46.1 Å². The Balaban J connectivity index is 1.60. The van der Waals surface area contributed by atoms with Crippen LogP contribution < -0.4 is 10.6 Å². The predicted molar refractivity (Wildman–Crippen MR) is 79.6 cm³/mol. The van der Waals surface area contributed by atoms with Crippen molar-refractivity contribution in [2.45, 2.75) is 25.9 Å². The molecule has 2 aromatic rings. The van der Waals surface area contributed by atoms with Crippen molar-refractivity contribution in [2.75, 3.05) is 5.32 Å². The number of aromatic nitrogens is 1. The van der Waals surface area contributed by atoms with Crippen LogP contribution in [0, 0.1) is 6.92 Å². The third kappa shape index (κ3) is 2.29. The second-order valence-corrected chi connectivity index (χ2v) is 5.30. The Hall–Kier alpha value is -2.23. The summed E-state index contributed by atoms with van der Waals surface area (Å²) < 4.78 is 2.09. The highest BCUT2D eigenvalue weighted by Gasteiger charge is 2.25. The molecule has 1 unspecified atom stereocenters. The summed E-state index contributed by atoms with van der Waals surface area (Å²) in [7, 11) is 2.01. The van der Waals surface area contributed by atoms with E-state index in [1.54, 1.807) is 0 Å². The van der Waals surface area contributed by atoms with Gasteiger partial charge in [-0.2, -0.15) is 0 Å². The first-order valence-electron chi connectivity index (χ1n) is 6.88. The molecule has 1 amide bonds. The molecule has 4 heteroatoms. The molecule has 20 heavy (non-hydrogen) atoms. The molecule has 0 fully saturated rings. The molecule has 104 valence electrons. The van der Waals surface area contributed by atoms with Gasteiger partial charge in [0.2, 0.25) is 5.91 Å². The number of fused-ring (bicyclic) bond motifs is 1. The van der Waals surface area contributed by atoms with Crippen LogP contribution in [0.5, 0.6) is 0 Å². The Kier molecular flexibility index (Phi) is 3.22. The number of nitrogens with zero attached hydrogens (tertiary/aromatic N) is 1. The third-order valence-corrected chi connectivity index (χ3v) is 4.01. The number of nitrogens with one attached hydrogen (secondary N) is 2. The first-order valence-corrected chi connectivity index (χ1v) is 6.88. The summed E-state index contributed by atoms with van der Waals surface area (Å²) in [6.07, 6.45) is 0.758. The average Bonchev–Trinajstić information content (AvgIpc) is 3.02. The quantitative estimate of drug-likeness (QED) is 0.895. The van der Waals surface area contributed by atoms with E-state index in [-0.39, 0.29) is 11.9 Å². The first-order chi connectivity index (χ1) is 9.65. The van der Waals surface area contributed by atoms with Gasteiger partial charge in [-0.1, -0.05) is 18.2 Å². The highest BCUT2D eigenvalue weighted by Crippen LogP contribution is 2.25. The Morgan fingerprint density at radius 2 is 2.15 bits per heavy atom. The molecular formula is C16H19N3O. The summed E-state index contributed by atoms with van der Waals surface area (Å²) in [5, 5.41) is 6.28. The summed E-state index contributed by atoms with van der Waals surface area (Å²) in [5.41, 5.74) is 4.59. The summed E-state index contributed by atoms with van der Waals surface area (Å²) in [6, 6.07) is 12.0. The standard InChI is InChI=1S/C16H19N3O/c1-11-7-8-13(19(11)2)10-17-16(20)15-9-12-5-3-4-6-14(12)18-15/h3-8,15,18H,9-10H2,1-2H3,(H,17,20). The zero-order valence-electron chi connectivity index (χ0n) is 11.8. The lowest BCUT2D eigenvalue weighted by Crippen LogP contribution is -2.38. The fourth-order valence-electron chi connectivity index (χ4n) is 2.60. The lowest BCUT2D eigenvalue weighted by molar-refractivity contribution is -0.121. The zero-order chi connectivity index (χ0) is 14.1. The highest BCUT2D eigenvalue weighted by atomic mass is 16.2. The third-order valence-electron chi connectivity index (χ3n) is 4.01. The maximum atomic E-state index is 12.2. The average molecular weight is 269 g/mol. The van der Waals surface area contributed by atoms with Gasteiger partial charge in [0, 0.05) is 30.5 Å². The lowest BCUT2D eigenvalue weighted by Gasteiger charge is -2.12. The van der Waals surface area contributed by atoms with Gasteiger partial charge in [-0.3, -0.25) is 4.79 Å². The first kappa shape index (κ1) is 12.8. The van der Waals surface area contributed by atoms with Crippen LogP contribution in [0.1, 0.15) is 17.0 Å². The van der Waals surface area contributed by atoms with E-state index in [2.05, 4.69) is 34.3 Å². The van der Waals surface area contributed by atoms with Gasteiger partial charge in [-0.05, 0) is 30.7 Å². The van der Waals surface area contributed by atoms with Crippen molar-refractivity contribution >= 4 is 11.6 Å². The number of rotatable bonds is 3. The molecule has 1 aromatic carbocycles. The van der Waals surface area contributed by atoms with E-state index in [1.807, 2.05) is 31.3 Å². The molecule has 1 atom stereocenters. The van der Waals surface area contributed by atoms with Crippen LogP contribution in [-0.4, -0.2) is 16.5 Å². The van der Waals surface area contributed by atoms with E-state index in [1.165, 1.54) is 11.3 Å². The molecule has 2 heterocycles. The molecule has 1 aromatic heterocycles. The largest absolute Gasteiger partial charge is 0.373 e. The number of para-hydroxylation sites is 1. The Bertz CT molecular complexity index is 620. The zero-order valence-corrected chi connectivity index (χ0v) is 11.8. The van der Waals surface area contributed by atoms with Crippen LogP contribution in [-0.2, 0) is 24.8 Å². The summed E-state index contributed by atoms with van der Waals surface area (Å²) in [6.45, 7) is 2.62. The Morgan fingerprint density at radius 3 is 2.85 bits per heavy atom. The maximum absolute atomic E-state index is 12.2. The van der Waals surface area contributed by atoms with Gasteiger partial charge in [0.15, 0.2) is 0 Å². The van der Waals surface area contributed by atoms with E-state index < -0.39 is 0 Å². The fraction of sp³-hybridized carbons (Fsp3) is 0.312. The van der Waals surface area contributed by atoms with Gasteiger partial charge in [-0.25, -0.2) is 0 Å². The molecular weight excluding hydrogens is 250 g/mol. The van der Waals surface area contributed by atoms with Crippen molar-refractivity contribution in [2.24, 2.45) is 7.05 Å². The fourth-order valence-corrected chi connectivity index (χ4v) is 2.60. The number of carbonyl (C=O) groups excluding carboxylic acids is 1. The van der Waals surface area contributed by atoms with Crippen LogP contribution in [0.25, 0.3) is 0 Å². The molecule has 0 aliphatic carbocycles. The molecule has 0 saturated carbocycles. The van der Waals surface area contributed by atoms with E-state index in [0.717, 1.165) is 17.8 Å². The molecule has 1 aliphatic rings. The van der Waals surface area contributed by atoms with Crippen LogP contribution in [0.4, 0.5) is 5.69 Å². The highest BCUT2D eigenvalue weighted by molar-refractivity contribution is 5.87. The van der Waals surface area contributed by atoms with Crippen molar-refractivity contribution in [3.63, 3.8) is 0 Å². The van der Waals surface area contributed by atoms with Gasteiger partial charge < -0.3 is 15.2 Å². The number of anilines is 1. The van der Waals surface area contributed by atoms with E-state index in [0.29, 0.717) is 6.54 Å². The smallest absolute Gasteiger partial charge is 0.243 e. The molecule has 0 saturated heterocycles. The van der Waals surface area contributed by atoms with Crippen molar-refractivity contribution < 1.29 is 4.79 Å². The Labute approximate surface area is 118 Å². The van der Waals surface area contributed by atoms with Gasteiger partial charge in [0.05, 0.1) is 6.54 Å². The second-order valence-electron chi connectivity index (χ2n) is 5.30. The van der Waals surface area contributed by atoms with Crippen LogP contribution in [0.15, 0.2) is 36.4 Å². The van der Waals surface area contributed by atoms with Crippen LogP contribution in [0.2, 0.25) is 0 Å². The van der Waals surface area contributed by atoms with Crippen LogP contribution >= 0.6 is 0 Å².